The minimum absolute atomic E-state index is 0.127. The summed E-state index contributed by atoms with van der Waals surface area (Å²) >= 11 is 3.53. The first-order valence-corrected chi connectivity index (χ1v) is 8.58. The number of rotatable bonds is 4. The lowest BCUT2D eigenvalue weighted by Gasteiger charge is -2.07. The van der Waals surface area contributed by atoms with Crippen LogP contribution < -0.4 is 0 Å². The molecule has 2 aliphatic heterocycles. The van der Waals surface area contributed by atoms with Crippen LogP contribution in [0.25, 0.3) is 5.57 Å². The van der Waals surface area contributed by atoms with E-state index in [-0.39, 0.29) is 11.5 Å². The van der Waals surface area contributed by atoms with Crippen molar-refractivity contribution in [3.05, 3.63) is 59.5 Å². The number of nitriles is 1. The van der Waals surface area contributed by atoms with E-state index in [9.17, 15) is 5.26 Å². The molecule has 25 heavy (non-hydrogen) atoms. The summed E-state index contributed by atoms with van der Waals surface area (Å²) in [7, 11) is 0. The van der Waals surface area contributed by atoms with Crippen LogP contribution in [0.3, 0.4) is 0 Å². The Morgan fingerprint density at radius 1 is 1.40 bits per heavy atom. The van der Waals surface area contributed by atoms with Gasteiger partial charge in [0.05, 0.1) is 6.21 Å². The molecule has 3 heterocycles. The van der Waals surface area contributed by atoms with Gasteiger partial charge in [0.1, 0.15) is 17.4 Å². The molecule has 2 atom stereocenters. The van der Waals surface area contributed by atoms with Crippen molar-refractivity contribution in [1.29, 1.82) is 10.7 Å². The largest absolute Gasteiger partial charge is 0.449 e. The van der Waals surface area contributed by atoms with Crippen LogP contribution in [0.15, 0.2) is 54.0 Å². The van der Waals surface area contributed by atoms with Crippen molar-refractivity contribution in [2.24, 2.45) is 0 Å². The second-order valence-electron chi connectivity index (χ2n) is 4.93. The molecular formula is C18H19N3O3S. The zero-order valence-electron chi connectivity index (χ0n) is 14.0. The molecule has 1 fully saturated rings. The highest BCUT2D eigenvalue weighted by atomic mass is 32.1. The molecule has 1 aromatic heterocycles. The summed E-state index contributed by atoms with van der Waals surface area (Å²) in [5.74, 6) is 0.547. The fourth-order valence-corrected chi connectivity index (χ4v) is 2.39. The van der Waals surface area contributed by atoms with E-state index in [0.29, 0.717) is 11.3 Å². The van der Waals surface area contributed by atoms with Gasteiger partial charge < -0.3 is 19.6 Å². The molecule has 3 rings (SSSR count). The number of thiol groups is 1. The highest BCUT2D eigenvalue weighted by Gasteiger charge is 2.46. The van der Waals surface area contributed by atoms with Crippen LogP contribution in [0.4, 0.5) is 0 Å². The number of nitrogens with zero attached hydrogens (tertiary/aromatic N) is 2. The summed E-state index contributed by atoms with van der Waals surface area (Å²) in [4.78, 5) is 4.00. The van der Waals surface area contributed by atoms with Crippen molar-refractivity contribution in [2.45, 2.75) is 25.7 Å². The maximum atomic E-state index is 9.41. The van der Waals surface area contributed by atoms with Crippen molar-refractivity contribution in [2.75, 3.05) is 6.26 Å². The Bertz CT molecular complexity index is 751. The van der Waals surface area contributed by atoms with E-state index < -0.39 is 12.4 Å². The summed E-state index contributed by atoms with van der Waals surface area (Å²) in [5.41, 5.74) is 1.63. The third-order valence-corrected chi connectivity index (χ3v) is 3.47. The first kappa shape index (κ1) is 18.6. The van der Waals surface area contributed by atoms with E-state index in [0.717, 1.165) is 18.2 Å². The van der Waals surface area contributed by atoms with Crippen LogP contribution in [0.2, 0.25) is 0 Å². The molecule has 1 N–H and O–H groups in total. The number of fused-ring (bicyclic) bond motifs is 1. The fraction of sp³-hybridized carbons (Fsp3) is 0.278. The summed E-state index contributed by atoms with van der Waals surface area (Å²) < 4.78 is 17.0. The van der Waals surface area contributed by atoms with Gasteiger partial charge in [0, 0.05) is 23.5 Å². The van der Waals surface area contributed by atoms with Gasteiger partial charge in [-0.05, 0) is 18.7 Å². The van der Waals surface area contributed by atoms with Crippen molar-refractivity contribution in [3.8, 4) is 6.07 Å². The molecule has 0 amide bonds. The predicted octanol–water partition coefficient (Wildman–Crippen LogP) is 3.46. The Kier molecular flexibility index (Phi) is 6.66. The van der Waals surface area contributed by atoms with Crippen LogP contribution >= 0.6 is 12.6 Å². The van der Waals surface area contributed by atoms with Crippen molar-refractivity contribution < 1.29 is 14.2 Å². The summed E-state index contributed by atoms with van der Waals surface area (Å²) in [5, 5.41) is 16.8. The van der Waals surface area contributed by atoms with Gasteiger partial charge >= 0.3 is 5.95 Å². The highest BCUT2D eigenvalue weighted by molar-refractivity contribution is 7.79. The summed E-state index contributed by atoms with van der Waals surface area (Å²) in [6, 6.07) is 5.59. The molecule has 0 aromatic carbocycles. The van der Waals surface area contributed by atoms with Gasteiger partial charge in [0.25, 0.3) is 6.29 Å². The van der Waals surface area contributed by atoms with Crippen molar-refractivity contribution >= 4 is 24.4 Å². The fourth-order valence-electron chi connectivity index (χ4n) is 2.39. The van der Waals surface area contributed by atoms with Crippen molar-refractivity contribution in [1.82, 2.24) is 4.98 Å². The normalized spacial score (nSPS) is 22.8. The number of nitrogens with one attached hydrogen (secondary N) is 1. The lowest BCUT2D eigenvalue weighted by molar-refractivity contribution is -0.0408. The quantitative estimate of drug-likeness (QED) is 0.489. The SMILES string of the molecule is CC/C=C\C1=C(C=N)OC2O/C(=C(/C#N)c3cccnc3)OC12.CS. The Morgan fingerprint density at radius 2 is 2.20 bits per heavy atom. The Morgan fingerprint density at radius 3 is 2.80 bits per heavy atom. The van der Waals surface area contributed by atoms with E-state index in [1.807, 2.05) is 19.1 Å². The molecule has 1 saturated heterocycles. The molecule has 2 unspecified atom stereocenters. The second kappa shape index (κ2) is 8.94. The Balaban J connectivity index is 0.00000109. The molecule has 2 aliphatic rings. The average molecular weight is 357 g/mol. The standard InChI is InChI=1S/C17H15N3O3.CH4S/c1-2-3-6-12-14(9-19)21-17-15(12)22-16(23-17)13(8-18)11-5-4-7-20-10-11;1-2/h3-7,9-10,15,17,19H,2H2,1H3;2H,1H3/b6-3-,16-13-,19-9?;. The van der Waals surface area contributed by atoms with E-state index in [4.69, 9.17) is 19.6 Å². The number of pyridine rings is 1. The van der Waals surface area contributed by atoms with E-state index in [2.05, 4.69) is 23.7 Å². The summed E-state index contributed by atoms with van der Waals surface area (Å²) in [6.07, 6.45) is 9.55. The second-order valence-corrected chi connectivity index (χ2v) is 4.93. The molecule has 6 nitrogen and oxygen atoms in total. The average Bonchev–Trinajstić information content (AvgIpc) is 3.21. The van der Waals surface area contributed by atoms with Gasteiger partial charge in [0.15, 0.2) is 0 Å². The third-order valence-electron chi connectivity index (χ3n) is 3.47. The van der Waals surface area contributed by atoms with E-state index in [1.54, 1.807) is 30.8 Å². The maximum Gasteiger partial charge on any atom is 0.302 e. The first-order chi connectivity index (χ1) is 12.3. The summed E-state index contributed by atoms with van der Waals surface area (Å²) in [6.45, 7) is 2.02. The zero-order chi connectivity index (χ0) is 18.2. The molecule has 0 aliphatic carbocycles. The smallest absolute Gasteiger partial charge is 0.302 e. The topological polar surface area (TPSA) is 88.2 Å². The number of allylic oxidation sites excluding steroid dienone is 3. The van der Waals surface area contributed by atoms with Crippen molar-refractivity contribution in [3.63, 3.8) is 0 Å². The number of ether oxygens (including phenoxy) is 3. The number of hydrogen-bond acceptors (Lipinski definition) is 7. The van der Waals surface area contributed by atoms with Crippen LogP contribution in [0.5, 0.6) is 0 Å². The minimum atomic E-state index is -0.682. The van der Waals surface area contributed by atoms with E-state index >= 15 is 0 Å². The maximum absolute atomic E-state index is 9.41. The number of aromatic nitrogens is 1. The number of hydrogen-bond donors (Lipinski definition) is 2. The lowest BCUT2D eigenvalue weighted by Crippen LogP contribution is -2.19. The van der Waals surface area contributed by atoms with Gasteiger partial charge in [0.2, 0.25) is 6.10 Å². The van der Waals surface area contributed by atoms with Gasteiger partial charge in [-0.1, -0.05) is 25.1 Å². The molecule has 0 spiro atoms. The van der Waals surface area contributed by atoms with Crippen LogP contribution in [0, 0.1) is 16.7 Å². The molecule has 7 heteroatoms. The molecular weight excluding hydrogens is 338 g/mol. The van der Waals surface area contributed by atoms with Gasteiger partial charge in [-0.3, -0.25) is 4.98 Å². The first-order valence-electron chi connectivity index (χ1n) is 7.69. The Labute approximate surface area is 152 Å². The lowest BCUT2D eigenvalue weighted by atomic mass is 10.1. The molecule has 130 valence electrons. The third kappa shape index (κ3) is 3.86. The van der Waals surface area contributed by atoms with Crippen LogP contribution in [0.1, 0.15) is 18.9 Å². The molecule has 0 saturated carbocycles. The highest BCUT2D eigenvalue weighted by Crippen LogP contribution is 2.39. The van der Waals surface area contributed by atoms with Crippen LogP contribution in [-0.4, -0.2) is 29.8 Å². The molecule has 0 radical (unpaired) electrons. The predicted molar refractivity (Wildman–Crippen MR) is 97.8 cm³/mol. The van der Waals surface area contributed by atoms with Gasteiger partial charge in [-0.15, -0.1) is 0 Å². The van der Waals surface area contributed by atoms with Crippen LogP contribution in [-0.2, 0) is 14.2 Å². The zero-order valence-corrected chi connectivity index (χ0v) is 14.9. The van der Waals surface area contributed by atoms with E-state index in [1.165, 1.54) is 0 Å². The van der Waals surface area contributed by atoms with Gasteiger partial charge in [-0.25, -0.2) is 0 Å². The van der Waals surface area contributed by atoms with Gasteiger partial charge in [-0.2, -0.15) is 17.9 Å². The molecule has 1 aromatic rings. The molecule has 0 bridgehead atoms. The Hall–Kier alpha value is -2.72. The monoisotopic (exact) mass is 357 g/mol. The minimum Gasteiger partial charge on any atom is -0.449 e.